The summed E-state index contributed by atoms with van der Waals surface area (Å²) in [6, 6.07) is 9.34. The molecule has 5 heteroatoms. The van der Waals surface area contributed by atoms with Crippen molar-refractivity contribution < 1.29 is 24.5 Å². The number of hydrogen-bond donors (Lipinski definition) is 2. The second-order valence-corrected chi connectivity index (χ2v) is 5.38. The van der Waals surface area contributed by atoms with Gasteiger partial charge in [-0.05, 0) is 18.9 Å². The first-order valence-corrected chi connectivity index (χ1v) is 7.08. The van der Waals surface area contributed by atoms with Crippen molar-refractivity contribution >= 4 is 5.97 Å². The number of carbonyl (C=O) groups excluding carboxylic acids is 1. The molecule has 1 aliphatic heterocycles. The molecule has 1 aromatic carbocycles. The Balaban J connectivity index is 2.06. The summed E-state index contributed by atoms with van der Waals surface area (Å²) < 4.78 is 10.3. The van der Waals surface area contributed by atoms with Gasteiger partial charge in [0.25, 0.3) is 0 Å². The lowest BCUT2D eigenvalue weighted by Gasteiger charge is -2.32. The molecular formula is C16H18O5. The number of benzene rings is 1. The van der Waals surface area contributed by atoms with Gasteiger partial charge in [-0.25, -0.2) is 4.79 Å². The van der Waals surface area contributed by atoms with Crippen molar-refractivity contribution in [2.75, 3.05) is 13.2 Å². The molecule has 1 spiro atoms. The van der Waals surface area contributed by atoms with Crippen LogP contribution in [0.25, 0.3) is 0 Å². The average molecular weight is 290 g/mol. The second-order valence-electron chi connectivity index (χ2n) is 5.38. The van der Waals surface area contributed by atoms with Crippen molar-refractivity contribution in [3.63, 3.8) is 0 Å². The Morgan fingerprint density at radius 3 is 2.67 bits per heavy atom. The highest BCUT2D eigenvalue weighted by molar-refractivity contribution is 5.91. The molecule has 0 unspecified atom stereocenters. The molecule has 0 bridgehead atoms. The maximum atomic E-state index is 12.2. The molecule has 1 aliphatic carbocycles. The van der Waals surface area contributed by atoms with Crippen molar-refractivity contribution in [2.45, 2.75) is 31.0 Å². The van der Waals surface area contributed by atoms with Crippen LogP contribution < -0.4 is 0 Å². The number of aliphatic hydroxyl groups excluding tert-OH is 2. The van der Waals surface area contributed by atoms with E-state index < -0.39 is 23.6 Å². The van der Waals surface area contributed by atoms with Crippen molar-refractivity contribution in [1.29, 1.82) is 0 Å². The molecule has 1 fully saturated rings. The molecule has 1 heterocycles. The van der Waals surface area contributed by atoms with Gasteiger partial charge < -0.3 is 19.7 Å². The Labute approximate surface area is 122 Å². The maximum Gasteiger partial charge on any atom is 0.338 e. The van der Waals surface area contributed by atoms with Crippen LogP contribution in [-0.2, 0) is 14.3 Å². The Kier molecular flexibility index (Phi) is 3.47. The SMILES string of the molecule is CCOC(=O)C1=C(O)[C@@]2(CO2)[C@H](O)C[C@H]1c1ccccc1. The Morgan fingerprint density at radius 2 is 2.10 bits per heavy atom. The molecule has 21 heavy (non-hydrogen) atoms. The summed E-state index contributed by atoms with van der Waals surface area (Å²) in [7, 11) is 0. The predicted molar refractivity (Wildman–Crippen MR) is 74.8 cm³/mol. The molecule has 0 aromatic heterocycles. The molecule has 0 amide bonds. The molecule has 3 rings (SSSR count). The highest BCUT2D eigenvalue weighted by Crippen LogP contribution is 2.49. The van der Waals surface area contributed by atoms with E-state index in [9.17, 15) is 15.0 Å². The van der Waals surface area contributed by atoms with E-state index in [0.717, 1.165) is 5.56 Å². The first-order chi connectivity index (χ1) is 10.1. The van der Waals surface area contributed by atoms with E-state index in [4.69, 9.17) is 9.47 Å². The van der Waals surface area contributed by atoms with Gasteiger partial charge in [-0.2, -0.15) is 0 Å². The monoisotopic (exact) mass is 290 g/mol. The van der Waals surface area contributed by atoms with Crippen molar-refractivity contribution in [3.8, 4) is 0 Å². The van der Waals surface area contributed by atoms with Crippen LogP contribution in [0.4, 0.5) is 0 Å². The number of ether oxygens (including phenoxy) is 2. The largest absolute Gasteiger partial charge is 0.508 e. The number of epoxide rings is 1. The fourth-order valence-electron chi connectivity index (χ4n) is 2.93. The minimum absolute atomic E-state index is 0.187. The zero-order valence-electron chi connectivity index (χ0n) is 11.8. The van der Waals surface area contributed by atoms with Gasteiger partial charge in [0.15, 0.2) is 5.60 Å². The van der Waals surface area contributed by atoms with Crippen LogP contribution >= 0.6 is 0 Å². The van der Waals surface area contributed by atoms with Crippen molar-refractivity contribution in [3.05, 3.63) is 47.2 Å². The minimum Gasteiger partial charge on any atom is -0.508 e. The summed E-state index contributed by atoms with van der Waals surface area (Å²) in [6.07, 6.45) is -0.511. The first kappa shape index (κ1) is 14.1. The predicted octanol–water partition coefficient (Wildman–Crippen LogP) is 1.68. The van der Waals surface area contributed by atoms with E-state index in [1.807, 2.05) is 30.3 Å². The lowest BCUT2D eigenvalue weighted by atomic mass is 9.75. The summed E-state index contributed by atoms with van der Waals surface area (Å²) in [5.74, 6) is -1.13. The average Bonchev–Trinajstić information content (AvgIpc) is 3.28. The number of aliphatic hydroxyl groups is 2. The molecule has 3 atom stereocenters. The molecule has 0 radical (unpaired) electrons. The van der Waals surface area contributed by atoms with Gasteiger partial charge in [0.05, 0.1) is 24.9 Å². The standard InChI is InChI=1S/C16H18O5/c1-2-20-15(19)13-11(10-6-4-3-5-7-10)8-12(17)16(9-21-16)14(13)18/h3-7,11-12,17-18H,2,8-9H2,1H3/t11-,12+,16+/m0/s1. The maximum absolute atomic E-state index is 12.2. The quantitative estimate of drug-likeness (QED) is 0.654. The lowest BCUT2D eigenvalue weighted by molar-refractivity contribution is -0.139. The highest BCUT2D eigenvalue weighted by atomic mass is 16.6. The van der Waals surface area contributed by atoms with E-state index in [2.05, 4.69) is 0 Å². The summed E-state index contributed by atoms with van der Waals surface area (Å²) in [5, 5.41) is 20.7. The normalized spacial score (nSPS) is 31.3. The summed E-state index contributed by atoms with van der Waals surface area (Å²) in [4.78, 5) is 12.2. The van der Waals surface area contributed by atoms with Crippen molar-refractivity contribution in [1.82, 2.24) is 0 Å². The fraction of sp³-hybridized carbons (Fsp3) is 0.438. The van der Waals surface area contributed by atoms with Gasteiger partial charge in [0.2, 0.25) is 0 Å². The molecule has 2 aliphatic rings. The third kappa shape index (κ3) is 2.22. The van der Waals surface area contributed by atoms with Gasteiger partial charge in [0, 0.05) is 5.92 Å². The van der Waals surface area contributed by atoms with Gasteiger partial charge in [-0.1, -0.05) is 30.3 Å². The lowest BCUT2D eigenvalue weighted by Crippen LogP contribution is -2.41. The van der Waals surface area contributed by atoms with Crippen LogP contribution in [0, 0.1) is 0 Å². The highest BCUT2D eigenvalue weighted by Gasteiger charge is 2.60. The molecule has 2 N–H and O–H groups in total. The zero-order chi connectivity index (χ0) is 15.0. The Bertz CT molecular complexity index is 574. The molecule has 112 valence electrons. The zero-order valence-corrected chi connectivity index (χ0v) is 11.8. The summed E-state index contributed by atoms with van der Waals surface area (Å²) in [5.41, 5.74) is -0.0413. The second kappa shape index (κ2) is 5.16. The van der Waals surface area contributed by atoms with Crippen LogP contribution in [0.5, 0.6) is 0 Å². The van der Waals surface area contributed by atoms with Gasteiger partial charge in [0.1, 0.15) is 5.76 Å². The number of hydrogen-bond acceptors (Lipinski definition) is 5. The summed E-state index contributed by atoms with van der Waals surface area (Å²) in [6.45, 7) is 2.17. The van der Waals surface area contributed by atoms with E-state index >= 15 is 0 Å². The van der Waals surface area contributed by atoms with Crippen LogP contribution in [0.2, 0.25) is 0 Å². The number of rotatable bonds is 3. The Morgan fingerprint density at radius 1 is 1.43 bits per heavy atom. The van der Waals surface area contributed by atoms with Gasteiger partial charge >= 0.3 is 5.97 Å². The third-order valence-corrected chi connectivity index (χ3v) is 4.15. The van der Waals surface area contributed by atoms with Crippen LogP contribution in [0.15, 0.2) is 41.7 Å². The molecule has 5 nitrogen and oxygen atoms in total. The molecule has 1 aromatic rings. The van der Waals surface area contributed by atoms with Crippen molar-refractivity contribution in [2.24, 2.45) is 0 Å². The number of carbonyl (C=O) groups is 1. The van der Waals surface area contributed by atoms with Crippen LogP contribution in [0.3, 0.4) is 0 Å². The minimum atomic E-state index is -1.10. The third-order valence-electron chi connectivity index (χ3n) is 4.15. The fourth-order valence-corrected chi connectivity index (χ4v) is 2.93. The molecular weight excluding hydrogens is 272 g/mol. The topological polar surface area (TPSA) is 79.3 Å². The molecule has 0 saturated carbocycles. The van der Waals surface area contributed by atoms with E-state index in [-0.39, 0.29) is 24.5 Å². The Hall–Kier alpha value is -1.85. The smallest absolute Gasteiger partial charge is 0.338 e. The van der Waals surface area contributed by atoms with E-state index in [1.165, 1.54) is 0 Å². The number of esters is 1. The van der Waals surface area contributed by atoms with E-state index in [0.29, 0.717) is 6.42 Å². The van der Waals surface area contributed by atoms with Crippen LogP contribution in [-0.4, -0.2) is 41.1 Å². The summed E-state index contributed by atoms with van der Waals surface area (Å²) >= 11 is 0. The van der Waals surface area contributed by atoms with E-state index in [1.54, 1.807) is 6.92 Å². The first-order valence-electron chi connectivity index (χ1n) is 7.08. The van der Waals surface area contributed by atoms with Crippen LogP contribution in [0.1, 0.15) is 24.8 Å². The van der Waals surface area contributed by atoms with Gasteiger partial charge in [-0.15, -0.1) is 0 Å². The van der Waals surface area contributed by atoms with Gasteiger partial charge in [-0.3, -0.25) is 0 Å². The molecule has 1 saturated heterocycles.